The zero-order valence-electron chi connectivity index (χ0n) is 9.90. The lowest BCUT2D eigenvalue weighted by Crippen LogP contribution is -2.18. The van der Waals surface area contributed by atoms with Gasteiger partial charge < -0.3 is 15.2 Å². The normalized spacial score (nSPS) is 13.2. The Hall–Kier alpha value is -1.10. The van der Waals surface area contributed by atoms with Crippen LogP contribution in [0.15, 0.2) is 4.52 Å². The van der Waals surface area contributed by atoms with E-state index >= 15 is 0 Å². The molecule has 0 saturated carbocycles. The molecule has 0 bridgehead atoms. The number of aromatic nitrogens is 2. The maximum atomic E-state index is 5.94. The Morgan fingerprint density at radius 3 is 2.67 bits per heavy atom. The number of nitrogens with zero attached hydrogens (tertiary/aromatic N) is 3. The lowest BCUT2D eigenvalue weighted by molar-refractivity contribution is 0.335. The van der Waals surface area contributed by atoms with Crippen LogP contribution >= 0.6 is 0 Å². The average Bonchev–Trinajstić information content (AvgIpc) is 2.64. The number of rotatable bonds is 5. The summed E-state index contributed by atoms with van der Waals surface area (Å²) in [7, 11) is 1.92. The van der Waals surface area contributed by atoms with E-state index in [0.717, 1.165) is 13.0 Å². The third-order valence-electron chi connectivity index (χ3n) is 2.29. The fourth-order valence-corrected chi connectivity index (χ4v) is 1.28. The lowest BCUT2D eigenvalue weighted by atomic mass is 10.0. The van der Waals surface area contributed by atoms with Crippen molar-refractivity contribution in [1.29, 1.82) is 0 Å². The smallest absolute Gasteiger partial charge is 0.265 e. The Morgan fingerprint density at radius 1 is 1.47 bits per heavy atom. The fourth-order valence-electron chi connectivity index (χ4n) is 1.28. The molecule has 15 heavy (non-hydrogen) atoms. The van der Waals surface area contributed by atoms with E-state index in [2.05, 4.69) is 24.0 Å². The molecule has 0 saturated heterocycles. The van der Waals surface area contributed by atoms with Gasteiger partial charge in [-0.3, -0.25) is 0 Å². The van der Waals surface area contributed by atoms with Crippen LogP contribution in [0.5, 0.6) is 0 Å². The van der Waals surface area contributed by atoms with Crippen molar-refractivity contribution >= 4 is 5.95 Å². The third kappa shape index (κ3) is 3.20. The van der Waals surface area contributed by atoms with E-state index in [-0.39, 0.29) is 6.04 Å². The molecule has 1 rings (SSSR count). The zero-order valence-corrected chi connectivity index (χ0v) is 9.90. The van der Waals surface area contributed by atoms with Crippen LogP contribution < -0.4 is 10.6 Å². The average molecular weight is 212 g/mol. The Bertz CT molecular complexity index is 297. The highest BCUT2D eigenvalue weighted by Crippen LogP contribution is 2.18. The molecule has 0 unspecified atom stereocenters. The van der Waals surface area contributed by atoms with Gasteiger partial charge in [0.2, 0.25) is 5.89 Å². The van der Waals surface area contributed by atoms with E-state index in [0.29, 0.717) is 17.8 Å². The summed E-state index contributed by atoms with van der Waals surface area (Å²) in [5.74, 6) is 1.66. The highest BCUT2D eigenvalue weighted by molar-refractivity contribution is 5.25. The predicted octanol–water partition coefficient (Wildman–Crippen LogP) is 1.57. The SMILES string of the molecule is CCN(C)c1noc([C@@H](N)CC(C)C)n1. The lowest BCUT2D eigenvalue weighted by Gasteiger charge is -2.10. The minimum atomic E-state index is -0.156. The number of nitrogens with two attached hydrogens (primary N) is 1. The van der Waals surface area contributed by atoms with E-state index < -0.39 is 0 Å². The highest BCUT2D eigenvalue weighted by atomic mass is 16.5. The molecule has 0 aliphatic heterocycles. The molecule has 0 amide bonds. The summed E-state index contributed by atoms with van der Waals surface area (Å²) in [4.78, 5) is 6.17. The number of hydrogen-bond acceptors (Lipinski definition) is 5. The highest BCUT2D eigenvalue weighted by Gasteiger charge is 2.17. The summed E-state index contributed by atoms with van der Waals surface area (Å²) in [5, 5.41) is 3.88. The number of hydrogen-bond donors (Lipinski definition) is 1. The van der Waals surface area contributed by atoms with Crippen LogP contribution in [0.2, 0.25) is 0 Å². The molecule has 1 aromatic heterocycles. The summed E-state index contributed by atoms with van der Waals surface area (Å²) in [5.41, 5.74) is 5.94. The van der Waals surface area contributed by atoms with Gasteiger partial charge in [-0.2, -0.15) is 4.98 Å². The Morgan fingerprint density at radius 2 is 2.13 bits per heavy atom. The first kappa shape index (κ1) is 12.0. The predicted molar refractivity (Wildman–Crippen MR) is 59.6 cm³/mol. The second-order valence-corrected chi connectivity index (χ2v) is 4.18. The molecular weight excluding hydrogens is 192 g/mol. The topological polar surface area (TPSA) is 68.2 Å². The molecule has 0 fully saturated rings. The molecule has 0 spiro atoms. The maximum Gasteiger partial charge on any atom is 0.265 e. The maximum absolute atomic E-state index is 5.94. The monoisotopic (exact) mass is 212 g/mol. The van der Waals surface area contributed by atoms with Crippen molar-refractivity contribution in [3.8, 4) is 0 Å². The van der Waals surface area contributed by atoms with Crippen LogP contribution in [-0.2, 0) is 0 Å². The van der Waals surface area contributed by atoms with E-state index in [9.17, 15) is 0 Å². The first-order chi connectivity index (χ1) is 7.04. The molecule has 0 aromatic carbocycles. The van der Waals surface area contributed by atoms with Crippen LogP contribution in [0.3, 0.4) is 0 Å². The van der Waals surface area contributed by atoms with Crippen LogP contribution in [0, 0.1) is 5.92 Å². The van der Waals surface area contributed by atoms with Gasteiger partial charge in [0.25, 0.3) is 5.95 Å². The second kappa shape index (κ2) is 5.11. The first-order valence-corrected chi connectivity index (χ1v) is 5.34. The van der Waals surface area contributed by atoms with E-state index in [1.54, 1.807) is 0 Å². The Balaban J connectivity index is 2.66. The van der Waals surface area contributed by atoms with E-state index in [1.165, 1.54) is 0 Å². The van der Waals surface area contributed by atoms with Crippen LogP contribution in [-0.4, -0.2) is 23.7 Å². The molecule has 86 valence electrons. The molecule has 0 aliphatic rings. The minimum absolute atomic E-state index is 0.156. The van der Waals surface area contributed by atoms with Gasteiger partial charge in [0.05, 0.1) is 6.04 Å². The van der Waals surface area contributed by atoms with Gasteiger partial charge in [-0.25, -0.2) is 0 Å². The van der Waals surface area contributed by atoms with E-state index in [1.807, 2.05) is 18.9 Å². The van der Waals surface area contributed by atoms with Crippen molar-refractivity contribution in [2.24, 2.45) is 11.7 Å². The molecule has 0 radical (unpaired) electrons. The third-order valence-corrected chi connectivity index (χ3v) is 2.29. The molecule has 2 N–H and O–H groups in total. The van der Waals surface area contributed by atoms with Gasteiger partial charge in [0.1, 0.15) is 0 Å². The van der Waals surface area contributed by atoms with Gasteiger partial charge in [-0.1, -0.05) is 13.8 Å². The van der Waals surface area contributed by atoms with Gasteiger partial charge in [-0.15, -0.1) is 0 Å². The van der Waals surface area contributed by atoms with Crippen LogP contribution in [0.1, 0.15) is 39.1 Å². The summed E-state index contributed by atoms with van der Waals surface area (Å²) in [6, 6.07) is -0.156. The molecular formula is C10H20N4O. The van der Waals surface area contributed by atoms with Gasteiger partial charge in [0, 0.05) is 13.6 Å². The summed E-state index contributed by atoms with van der Waals surface area (Å²) in [6.07, 6.45) is 0.859. The first-order valence-electron chi connectivity index (χ1n) is 5.34. The van der Waals surface area contributed by atoms with Crippen molar-refractivity contribution < 1.29 is 4.52 Å². The fraction of sp³-hybridized carbons (Fsp3) is 0.800. The van der Waals surface area contributed by atoms with Gasteiger partial charge in [0.15, 0.2) is 0 Å². The van der Waals surface area contributed by atoms with Crippen molar-refractivity contribution in [3.05, 3.63) is 5.89 Å². The quantitative estimate of drug-likeness (QED) is 0.802. The Kier molecular flexibility index (Phi) is 4.08. The largest absolute Gasteiger partial charge is 0.342 e. The molecule has 5 heteroatoms. The van der Waals surface area contributed by atoms with Crippen molar-refractivity contribution in [1.82, 2.24) is 10.1 Å². The molecule has 5 nitrogen and oxygen atoms in total. The van der Waals surface area contributed by atoms with Gasteiger partial charge in [-0.05, 0) is 24.4 Å². The molecule has 1 aromatic rings. The van der Waals surface area contributed by atoms with Gasteiger partial charge >= 0.3 is 0 Å². The van der Waals surface area contributed by atoms with Crippen molar-refractivity contribution in [2.75, 3.05) is 18.5 Å². The van der Waals surface area contributed by atoms with Crippen molar-refractivity contribution in [2.45, 2.75) is 33.2 Å². The standard InChI is InChI=1S/C10H20N4O/c1-5-14(4)10-12-9(15-13-10)8(11)6-7(2)3/h7-8H,5-6,11H2,1-4H3/t8-/m0/s1. The van der Waals surface area contributed by atoms with E-state index in [4.69, 9.17) is 10.3 Å². The molecule has 1 heterocycles. The Labute approximate surface area is 90.6 Å². The van der Waals surface area contributed by atoms with Crippen LogP contribution in [0.4, 0.5) is 5.95 Å². The van der Waals surface area contributed by atoms with Crippen LogP contribution in [0.25, 0.3) is 0 Å². The summed E-state index contributed by atoms with van der Waals surface area (Å²) < 4.78 is 5.12. The minimum Gasteiger partial charge on any atom is -0.342 e. The summed E-state index contributed by atoms with van der Waals surface area (Å²) >= 11 is 0. The second-order valence-electron chi connectivity index (χ2n) is 4.18. The molecule has 0 aliphatic carbocycles. The summed E-state index contributed by atoms with van der Waals surface area (Å²) in [6.45, 7) is 7.12. The van der Waals surface area contributed by atoms with Crippen molar-refractivity contribution in [3.63, 3.8) is 0 Å². The zero-order chi connectivity index (χ0) is 11.4. The molecule has 1 atom stereocenters. The number of anilines is 1.